The monoisotopic (exact) mass is 236 g/mol. The van der Waals surface area contributed by atoms with Crippen LogP contribution in [0.3, 0.4) is 0 Å². The molecule has 1 fully saturated rings. The molecule has 4 nitrogen and oxygen atoms in total. The van der Waals surface area contributed by atoms with Crippen molar-refractivity contribution in [3.63, 3.8) is 0 Å². The van der Waals surface area contributed by atoms with E-state index >= 15 is 0 Å². The van der Waals surface area contributed by atoms with E-state index in [4.69, 9.17) is 4.74 Å². The maximum atomic E-state index is 9.61. The molecule has 1 aliphatic rings. The van der Waals surface area contributed by atoms with Gasteiger partial charge < -0.3 is 15.2 Å². The van der Waals surface area contributed by atoms with Crippen LogP contribution < -0.4 is 10.1 Å². The zero-order valence-corrected chi connectivity index (χ0v) is 10.2. The van der Waals surface area contributed by atoms with Crippen molar-refractivity contribution in [2.24, 2.45) is 5.92 Å². The van der Waals surface area contributed by atoms with Crippen LogP contribution in [0.4, 0.5) is 5.82 Å². The van der Waals surface area contributed by atoms with Crippen molar-refractivity contribution in [3.05, 3.63) is 18.3 Å². The minimum atomic E-state index is -0.124. The van der Waals surface area contributed by atoms with Crippen LogP contribution in [-0.2, 0) is 0 Å². The number of anilines is 1. The van der Waals surface area contributed by atoms with Crippen molar-refractivity contribution in [1.29, 1.82) is 0 Å². The van der Waals surface area contributed by atoms with Gasteiger partial charge in [-0.15, -0.1) is 0 Å². The lowest BCUT2D eigenvalue weighted by atomic mass is 9.87. The largest absolute Gasteiger partial charge is 0.493 e. The Labute approximate surface area is 102 Å². The molecule has 0 bridgehead atoms. The Morgan fingerprint density at radius 2 is 2.41 bits per heavy atom. The molecule has 1 aromatic rings. The number of nitrogens with zero attached hydrogens (tertiary/aromatic N) is 1. The fourth-order valence-corrected chi connectivity index (χ4v) is 2.38. The minimum Gasteiger partial charge on any atom is -0.493 e. The third-order valence-electron chi connectivity index (χ3n) is 3.30. The maximum Gasteiger partial charge on any atom is 0.168 e. The average molecular weight is 236 g/mol. The standard InChI is InChI=1S/C13H20N2O2/c1-17-12-6-3-7-14-13(12)15-9-10-4-2-5-11(16)8-10/h3,6-7,10-11,16H,2,4-5,8-9H2,1H3,(H,14,15). The predicted molar refractivity (Wildman–Crippen MR) is 67.2 cm³/mol. The van der Waals surface area contributed by atoms with Gasteiger partial charge >= 0.3 is 0 Å². The number of methoxy groups -OCH3 is 1. The van der Waals surface area contributed by atoms with Gasteiger partial charge in [0, 0.05) is 12.7 Å². The average Bonchev–Trinajstić information content (AvgIpc) is 2.37. The van der Waals surface area contributed by atoms with Crippen molar-refractivity contribution in [3.8, 4) is 5.75 Å². The van der Waals surface area contributed by atoms with E-state index in [9.17, 15) is 5.11 Å². The van der Waals surface area contributed by atoms with Crippen LogP contribution >= 0.6 is 0 Å². The van der Waals surface area contributed by atoms with Crippen LogP contribution in [0.15, 0.2) is 18.3 Å². The molecule has 94 valence electrons. The summed E-state index contributed by atoms with van der Waals surface area (Å²) in [6.07, 6.45) is 5.76. The van der Waals surface area contributed by atoms with Gasteiger partial charge in [0.1, 0.15) is 0 Å². The normalized spacial score (nSPS) is 24.4. The SMILES string of the molecule is COc1cccnc1NCC1CCCC(O)C1. The van der Waals surface area contributed by atoms with E-state index in [0.717, 1.165) is 37.4 Å². The van der Waals surface area contributed by atoms with Gasteiger partial charge in [0.05, 0.1) is 13.2 Å². The number of nitrogens with one attached hydrogen (secondary N) is 1. The molecule has 0 amide bonds. The van der Waals surface area contributed by atoms with Crippen LogP contribution in [-0.4, -0.2) is 29.8 Å². The molecule has 2 unspecified atom stereocenters. The summed E-state index contributed by atoms with van der Waals surface area (Å²) >= 11 is 0. The molecule has 0 spiro atoms. The van der Waals surface area contributed by atoms with E-state index < -0.39 is 0 Å². The molecule has 2 atom stereocenters. The molecule has 0 aromatic carbocycles. The molecule has 0 radical (unpaired) electrons. The molecular formula is C13H20N2O2. The van der Waals surface area contributed by atoms with Gasteiger partial charge in [0.2, 0.25) is 0 Å². The smallest absolute Gasteiger partial charge is 0.168 e. The molecule has 2 N–H and O–H groups in total. The summed E-state index contributed by atoms with van der Waals surface area (Å²) in [5.74, 6) is 2.09. The van der Waals surface area contributed by atoms with Gasteiger partial charge in [-0.25, -0.2) is 4.98 Å². The second kappa shape index (κ2) is 5.87. The highest BCUT2D eigenvalue weighted by atomic mass is 16.5. The Morgan fingerprint density at radius 3 is 3.18 bits per heavy atom. The molecule has 1 aromatic heterocycles. The summed E-state index contributed by atoms with van der Waals surface area (Å²) in [7, 11) is 1.65. The quantitative estimate of drug-likeness (QED) is 0.840. The zero-order chi connectivity index (χ0) is 12.1. The second-order valence-corrected chi connectivity index (χ2v) is 4.62. The molecule has 1 heterocycles. The number of hydrogen-bond acceptors (Lipinski definition) is 4. The molecular weight excluding hydrogens is 216 g/mol. The zero-order valence-electron chi connectivity index (χ0n) is 10.2. The third-order valence-corrected chi connectivity index (χ3v) is 3.30. The summed E-state index contributed by atoms with van der Waals surface area (Å²) in [6.45, 7) is 0.852. The topological polar surface area (TPSA) is 54.4 Å². The first-order valence-corrected chi connectivity index (χ1v) is 6.20. The summed E-state index contributed by atoms with van der Waals surface area (Å²) in [4.78, 5) is 4.25. The van der Waals surface area contributed by atoms with Crippen molar-refractivity contribution in [2.45, 2.75) is 31.8 Å². The number of aliphatic hydroxyl groups excluding tert-OH is 1. The predicted octanol–water partition coefficient (Wildman–Crippen LogP) is 2.05. The maximum absolute atomic E-state index is 9.61. The van der Waals surface area contributed by atoms with E-state index in [1.165, 1.54) is 6.42 Å². The minimum absolute atomic E-state index is 0.124. The van der Waals surface area contributed by atoms with Crippen LogP contribution in [0, 0.1) is 5.92 Å². The van der Waals surface area contributed by atoms with Gasteiger partial charge in [-0.3, -0.25) is 0 Å². The van der Waals surface area contributed by atoms with Crippen molar-refractivity contribution in [2.75, 3.05) is 19.0 Å². The Kier molecular flexibility index (Phi) is 4.20. The summed E-state index contributed by atoms with van der Waals surface area (Å²) in [5, 5.41) is 12.9. The number of aliphatic hydroxyl groups is 1. The number of pyridine rings is 1. The van der Waals surface area contributed by atoms with Gasteiger partial charge in [0.15, 0.2) is 11.6 Å². The molecule has 0 saturated heterocycles. The lowest BCUT2D eigenvalue weighted by Gasteiger charge is -2.26. The Morgan fingerprint density at radius 1 is 1.53 bits per heavy atom. The third kappa shape index (κ3) is 3.33. The number of aromatic nitrogens is 1. The van der Waals surface area contributed by atoms with Crippen LogP contribution in [0.2, 0.25) is 0 Å². The van der Waals surface area contributed by atoms with Gasteiger partial charge in [0.25, 0.3) is 0 Å². The highest BCUT2D eigenvalue weighted by Gasteiger charge is 2.20. The van der Waals surface area contributed by atoms with Crippen molar-refractivity contribution >= 4 is 5.82 Å². The Hall–Kier alpha value is -1.29. The highest BCUT2D eigenvalue weighted by Crippen LogP contribution is 2.26. The van der Waals surface area contributed by atoms with E-state index in [1.807, 2.05) is 12.1 Å². The first kappa shape index (κ1) is 12.2. The first-order chi connectivity index (χ1) is 8.29. The van der Waals surface area contributed by atoms with Crippen molar-refractivity contribution < 1.29 is 9.84 Å². The lowest BCUT2D eigenvalue weighted by Crippen LogP contribution is -2.25. The van der Waals surface area contributed by atoms with Crippen molar-refractivity contribution in [1.82, 2.24) is 4.98 Å². The van der Waals surface area contributed by atoms with Gasteiger partial charge in [-0.1, -0.05) is 6.42 Å². The number of ether oxygens (including phenoxy) is 1. The summed E-state index contributed by atoms with van der Waals surface area (Å²) < 4.78 is 5.23. The van der Waals surface area contributed by atoms with Gasteiger partial charge in [-0.05, 0) is 37.3 Å². The molecule has 4 heteroatoms. The molecule has 17 heavy (non-hydrogen) atoms. The first-order valence-electron chi connectivity index (χ1n) is 6.20. The summed E-state index contributed by atoms with van der Waals surface area (Å²) in [5.41, 5.74) is 0. The molecule has 1 aliphatic carbocycles. The molecule has 2 rings (SSSR count). The summed E-state index contributed by atoms with van der Waals surface area (Å²) in [6, 6.07) is 3.75. The molecule has 1 saturated carbocycles. The lowest BCUT2D eigenvalue weighted by molar-refractivity contribution is 0.104. The van der Waals surface area contributed by atoms with Gasteiger partial charge in [-0.2, -0.15) is 0 Å². The van der Waals surface area contributed by atoms with Crippen LogP contribution in [0.25, 0.3) is 0 Å². The van der Waals surface area contributed by atoms with E-state index in [-0.39, 0.29) is 6.10 Å². The fraction of sp³-hybridized carbons (Fsp3) is 0.615. The Balaban J connectivity index is 1.88. The molecule has 0 aliphatic heterocycles. The van der Waals surface area contributed by atoms with E-state index in [1.54, 1.807) is 13.3 Å². The fourth-order valence-electron chi connectivity index (χ4n) is 2.38. The second-order valence-electron chi connectivity index (χ2n) is 4.62. The Bertz CT molecular complexity index is 357. The number of hydrogen-bond donors (Lipinski definition) is 2. The number of rotatable bonds is 4. The van der Waals surface area contributed by atoms with E-state index in [2.05, 4.69) is 10.3 Å². The van der Waals surface area contributed by atoms with Crippen LogP contribution in [0.1, 0.15) is 25.7 Å². The van der Waals surface area contributed by atoms with E-state index in [0.29, 0.717) is 5.92 Å². The highest BCUT2D eigenvalue weighted by molar-refractivity contribution is 5.49. The van der Waals surface area contributed by atoms with Crippen LogP contribution in [0.5, 0.6) is 5.75 Å².